The van der Waals surface area contributed by atoms with Crippen LogP contribution in [0.5, 0.6) is 0 Å². The Morgan fingerprint density at radius 3 is 1.95 bits per heavy atom. The number of oxime groups is 1. The minimum atomic E-state index is -0.148. The Labute approximate surface area is 116 Å². The van der Waals surface area contributed by atoms with Crippen LogP contribution in [-0.2, 0) is 4.79 Å². The van der Waals surface area contributed by atoms with Gasteiger partial charge in [-0.05, 0) is 16.7 Å². The minimum absolute atomic E-state index is 0.148. The maximum Gasteiger partial charge on any atom is 0.189 e. The van der Waals surface area contributed by atoms with E-state index >= 15 is 0 Å². The predicted octanol–water partition coefficient (Wildman–Crippen LogP) is 3.40. The number of benzene rings is 2. The summed E-state index contributed by atoms with van der Waals surface area (Å²) in [7, 11) is 0. The Balaban J connectivity index is 2.23. The van der Waals surface area contributed by atoms with Gasteiger partial charge in [-0.15, -0.1) is 0 Å². The summed E-state index contributed by atoms with van der Waals surface area (Å²) in [4.78, 5) is 12.0. The molecule has 0 heterocycles. The molecule has 0 radical (unpaired) electrons. The molecule has 3 rings (SSSR count). The van der Waals surface area contributed by atoms with Crippen molar-refractivity contribution in [2.45, 2.75) is 6.42 Å². The predicted molar refractivity (Wildman–Crippen MR) is 78.5 cm³/mol. The molecule has 3 nitrogen and oxygen atoms in total. The standard InChI is InChI=1S/C17H13NO2/c19-15-11-14(12-7-3-1-4-8-12)16(17(15)18-20)13-9-5-2-6-10-13/h1-10,20H,11H2/b18-17+. The van der Waals surface area contributed by atoms with Gasteiger partial charge in [0.25, 0.3) is 0 Å². The van der Waals surface area contributed by atoms with Gasteiger partial charge in [0.05, 0.1) is 0 Å². The summed E-state index contributed by atoms with van der Waals surface area (Å²) >= 11 is 0. The summed E-state index contributed by atoms with van der Waals surface area (Å²) in [6.07, 6.45) is 0.271. The van der Waals surface area contributed by atoms with Gasteiger partial charge in [-0.3, -0.25) is 4.79 Å². The van der Waals surface area contributed by atoms with Gasteiger partial charge in [0.15, 0.2) is 11.5 Å². The fraction of sp³-hybridized carbons (Fsp3) is 0.0588. The smallest absolute Gasteiger partial charge is 0.189 e. The molecule has 0 aromatic heterocycles. The van der Waals surface area contributed by atoms with Crippen molar-refractivity contribution < 1.29 is 10.0 Å². The topological polar surface area (TPSA) is 49.7 Å². The van der Waals surface area contributed by atoms with Crippen LogP contribution in [0.15, 0.2) is 65.8 Å². The molecule has 0 unspecified atom stereocenters. The van der Waals surface area contributed by atoms with E-state index in [1.807, 2.05) is 60.7 Å². The quantitative estimate of drug-likeness (QED) is 0.667. The van der Waals surface area contributed by atoms with E-state index in [-0.39, 0.29) is 17.9 Å². The fourth-order valence-corrected chi connectivity index (χ4v) is 2.52. The maximum absolute atomic E-state index is 12.0. The summed E-state index contributed by atoms with van der Waals surface area (Å²) in [6, 6.07) is 19.3. The fourth-order valence-electron chi connectivity index (χ4n) is 2.52. The number of allylic oxidation sites excluding steroid dienone is 2. The van der Waals surface area contributed by atoms with E-state index in [4.69, 9.17) is 5.21 Å². The molecule has 0 bridgehead atoms. The molecule has 3 heteroatoms. The zero-order valence-corrected chi connectivity index (χ0v) is 10.8. The molecule has 0 saturated carbocycles. The molecular formula is C17H13NO2. The van der Waals surface area contributed by atoms with Crippen LogP contribution in [0.4, 0.5) is 0 Å². The molecule has 0 spiro atoms. The first-order valence-corrected chi connectivity index (χ1v) is 6.41. The highest BCUT2D eigenvalue weighted by Crippen LogP contribution is 2.36. The summed E-state index contributed by atoms with van der Waals surface area (Å²) < 4.78 is 0. The normalized spacial score (nSPS) is 17.0. The van der Waals surface area contributed by atoms with Gasteiger partial charge < -0.3 is 5.21 Å². The minimum Gasteiger partial charge on any atom is -0.410 e. The lowest BCUT2D eigenvalue weighted by Gasteiger charge is -2.07. The van der Waals surface area contributed by atoms with Crippen LogP contribution in [0.25, 0.3) is 11.1 Å². The molecule has 2 aromatic carbocycles. The second-order valence-electron chi connectivity index (χ2n) is 4.63. The van der Waals surface area contributed by atoms with Gasteiger partial charge in [0, 0.05) is 12.0 Å². The molecule has 0 aliphatic heterocycles. The highest BCUT2D eigenvalue weighted by atomic mass is 16.4. The van der Waals surface area contributed by atoms with E-state index in [0.717, 1.165) is 22.3 Å². The van der Waals surface area contributed by atoms with Crippen LogP contribution in [0.1, 0.15) is 17.5 Å². The van der Waals surface area contributed by atoms with E-state index < -0.39 is 0 Å². The monoisotopic (exact) mass is 263 g/mol. The van der Waals surface area contributed by atoms with Crippen LogP contribution in [0.2, 0.25) is 0 Å². The SMILES string of the molecule is O=C1CC(c2ccccc2)=C(c2ccccc2)/C1=N/O. The van der Waals surface area contributed by atoms with Crippen molar-refractivity contribution in [3.63, 3.8) is 0 Å². The molecule has 0 saturated heterocycles. The van der Waals surface area contributed by atoms with Crippen molar-refractivity contribution in [1.82, 2.24) is 0 Å². The summed E-state index contributed by atoms with van der Waals surface area (Å²) in [6.45, 7) is 0. The molecule has 0 fully saturated rings. The van der Waals surface area contributed by atoms with E-state index in [2.05, 4.69) is 5.16 Å². The zero-order chi connectivity index (χ0) is 13.9. The highest BCUT2D eigenvalue weighted by Gasteiger charge is 2.31. The molecular weight excluding hydrogens is 250 g/mol. The van der Waals surface area contributed by atoms with E-state index in [1.165, 1.54) is 0 Å². The average molecular weight is 263 g/mol. The first kappa shape index (κ1) is 12.4. The lowest BCUT2D eigenvalue weighted by Crippen LogP contribution is -2.08. The van der Waals surface area contributed by atoms with Crippen LogP contribution in [-0.4, -0.2) is 16.7 Å². The van der Waals surface area contributed by atoms with Crippen LogP contribution >= 0.6 is 0 Å². The lowest BCUT2D eigenvalue weighted by atomic mass is 9.96. The van der Waals surface area contributed by atoms with Crippen molar-refractivity contribution in [1.29, 1.82) is 0 Å². The molecule has 20 heavy (non-hydrogen) atoms. The second-order valence-corrected chi connectivity index (χ2v) is 4.63. The molecule has 0 amide bonds. The summed E-state index contributed by atoms with van der Waals surface area (Å²) in [5, 5.41) is 12.4. The third-order valence-corrected chi connectivity index (χ3v) is 3.42. The number of Topliss-reactive ketones (excluding diaryl/α,β-unsaturated/α-hetero) is 1. The van der Waals surface area contributed by atoms with Crippen molar-refractivity contribution in [2.24, 2.45) is 5.16 Å². The van der Waals surface area contributed by atoms with Crippen molar-refractivity contribution >= 4 is 22.6 Å². The number of hydrogen-bond donors (Lipinski definition) is 1. The Morgan fingerprint density at radius 2 is 1.40 bits per heavy atom. The molecule has 98 valence electrons. The lowest BCUT2D eigenvalue weighted by molar-refractivity contribution is -0.111. The Bertz CT molecular complexity index is 700. The molecule has 2 aromatic rings. The van der Waals surface area contributed by atoms with E-state index in [0.29, 0.717) is 0 Å². The molecule has 1 N–H and O–H groups in total. The van der Waals surface area contributed by atoms with Gasteiger partial charge in [-0.25, -0.2) is 0 Å². The van der Waals surface area contributed by atoms with Crippen LogP contribution < -0.4 is 0 Å². The first-order chi connectivity index (χ1) is 9.81. The third-order valence-electron chi connectivity index (χ3n) is 3.42. The number of nitrogens with zero attached hydrogens (tertiary/aromatic N) is 1. The summed E-state index contributed by atoms with van der Waals surface area (Å²) in [5.41, 5.74) is 3.66. The molecule has 1 aliphatic carbocycles. The molecule has 1 aliphatic rings. The first-order valence-electron chi connectivity index (χ1n) is 6.41. The van der Waals surface area contributed by atoms with E-state index in [9.17, 15) is 4.79 Å². The average Bonchev–Trinajstić information content (AvgIpc) is 2.85. The second kappa shape index (κ2) is 5.13. The van der Waals surface area contributed by atoms with Crippen LogP contribution in [0, 0.1) is 0 Å². The Morgan fingerprint density at radius 1 is 0.850 bits per heavy atom. The number of rotatable bonds is 2. The van der Waals surface area contributed by atoms with Crippen LogP contribution in [0.3, 0.4) is 0 Å². The van der Waals surface area contributed by atoms with Crippen molar-refractivity contribution in [3.8, 4) is 0 Å². The van der Waals surface area contributed by atoms with Gasteiger partial charge >= 0.3 is 0 Å². The number of ketones is 1. The maximum atomic E-state index is 12.0. The van der Waals surface area contributed by atoms with Gasteiger partial charge in [0.1, 0.15) is 0 Å². The number of hydrogen-bond acceptors (Lipinski definition) is 3. The Kier molecular flexibility index (Phi) is 3.17. The van der Waals surface area contributed by atoms with Crippen molar-refractivity contribution in [2.75, 3.05) is 0 Å². The zero-order valence-electron chi connectivity index (χ0n) is 10.8. The van der Waals surface area contributed by atoms with Gasteiger partial charge in [0.2, 0.25) is 0 Å². The summed E-state index contributed by atoms with van der Waals surface area (Å²) in [5.74, 6) is -0.148. The van der Waals surface area contributed by atoms with Crippen molar-refractivity contribution in [3.05, 3.63) is 71.8 Å². The largest absolute Gasteiger partial charge is 0.410 e. The van der Waals surface area contributed by atoms with Gasteiger partial charge in [-0.2, -0.15) is 0 Å². The number of carbonyl (C=O) groups is 1. The highest BCUT2D eigenvalue weighted by molar-refractivity contribution is 6.63. The number of carbonyl (C=O) groups excluding carboxylic acids is 1. The van der Waals surface area contributed by atoms with Gasteiger partial charge in [-0.1, -0.05) is 65.8 Å². The molecule has 0 atom stereocenters. The Hall–Kier alpha value is -2.68. The third kappa shape index (κ3) is 2.03. The van der Waals surface area contributed by atoms with E-state index in [1.54, 1.807) is 0 Å².